The van der Waals surface area contributed by atoms with Gasteiger partial charge in [0.2, 0.25) is 5.91 Å². The Morgan fingerprint density at radius 2 is 2.07 bits per heavy atom. The number of hydrogen-bond donors (Lipinski definition) is 1. The van der Waals surface area contributed by atoms with Crippen LogP contribution in [0.25, 0.3) is 11.0 Å². The fourth-order valence-electron chi connectivity index (χ4n) is 3.98. The Hall–Kier alpha value is -2.44. The maximum Gasteiger partial charge on any atom is 0.255 e. The summed E-state index contributed by atoms with van der Waals surface area (Å²) in [5.41, 5.74) is 0.780. The summed E-state index contributed by atoms with van der Waals surface area (Å²) in [5.74, 6) is -4.00. The SMILES string of the molecule is CC1CC1C(=O)N1CCC(CNC(=O)c2cccc3ccoc23)C(F)(F)CC1. The van der Waals surface area contributed by atoms with E-state index >= 15 is 0 Å². The first-order valence-corrected chi connectivity index (χ1v) is 9.78. The highest BCUT2D eigenvalue weighted by molar-refractivity contribution is 6.04. The van der Waals surface area contributed by atoms with E-state index in [0.29, 0.717) is 23.6 Å². The minimum Gasteiger partial charge on any atom is -0.464 e. The summed E-state index contributed by atoms with van der Waals surface area (Å²) >= 11 is 0. The predicted octanol–water partition coefficient (Wildman–Crippen LogP) is 3.69. The number of carbonyl (C=O) groups excluding carboxylic acids is 2. The first kappa shape index (κ1) is 18.9. The summed E-state index contributed by atoms with van der Waals surface area (Å²) in [6.45, 7) is 2.26. The zero-order chi connectivity index (χ0) is 19.9. The van der Waals surface area contributed by atoms with Gasteiger partial charge in [0.1, 0.15) is 5.58 Å². The predicted molar refractivity (Wildman–Crippen MR) is 100 cm³/mol. The van der Waals surface area contributed by atoms with Gasteiger partial charge in [0, 0.05) is 43.3 Å². The number of furan rings is 1. The summed E-state index contributed by atoms with van der Waals surface area (Å²) in [7, 11) is 0. The average Bonchev–Trinajstić information content (AvgIpc) is 3.24. The maximum atomic E-state index is 14.6. The lowest BCUT2D eigenvalue weighted by Gasteiger charge is -2.24. The molecule has 3 unspecified atom stereocenters. The van der Waals surface area contributed by atoms with Gasteiger partial charge in [-0.2, -0.15) is 0 Å². The molecule has 1 aromatic carbocycles. The van der Waals surface area contributed by atoms with Crippen molar-refractivity contribution in [3.63, 3.8) is 0 Å². The van der Waals surface area contributed by atoms with Gasteiger partial charge in [-0.15, -0.1) is 0 Å². The van der Waals surface area contributed by atoms with Crippen LogP contribution >= 0.6 is 0 Å². The minimum absolute atomic E-state index is 0.00124. The van der Waals surface area contributed by atoms with E-state index < -0.39 is 17.7 Å². The second-order valence-electron chi connectivity index (χ2n) is 8.00. The number of fused-ring (bicyclic) bond motifs is 1. The number of nitrogens with one attached hydrogen (secondary N) is 1. The van der Waals surface area contributed by atoms with Gasteiger partial charge in [0.05, 0.1) is 11.8 Å². The molecule has 1 aliphatic carbocycles. The fourth-order valence-corrected chi connectivity index (χ4v) is 3.98. The molecule has 28 heavy (non-hydrogen) atoms. The normalized spacial score (nSPS) is 26.7. The number of benzene rings is 1. The molecule has 1 aliphatic heterocycles. The molecule has 2 fully saturated rings. The molecular weight excluding hydrogens is 366 g/mol. The number of halogens is 2. The second-order valence-corrected chi connectivity index (χ2v) is 8.00. The van der Waals surface area contributed by atoms with Crippen molar-refractivity contribution in [3.05, 3.63) is 36.1 Å². The fraction of sp³-hybridized carbons (Fsp3) is 0.524. The standard InChI is InChI=1S/C21H24F2N2O3/c1-13-11-17(13)20(27)25-8-5-15(21(22,23)7-9-25)12-24-19(26)16-4-2-3-14-6-10-28-18(14)16/h2-4,6,10,13,15,17H,5,7-9,11-12H2,1H3,(H,24,26). The minimum atomic E-state index is -2.92. The van der Waals surface area contributed by atoms with Crippen LogP contribution in [0, 0.1) is 17.8 Å². The number of rotatable bonds is 4. The van der Waals surface area contributed by atoms with Crippen LogP contribution in [0.5, 0.6) is 0 Å². The van der Waals surface area contributed by atoms with Gasteiger partial charge in [-0.1, -0.05) is 19.1 Å². The molecule has 0 radical (unpaired) electrons. The van der Waals surface area contributed by atoms with Crippen LogP contribution in [0.1, 0.15) is 36.5 Å². The molecule has 3 atom stereocenters. The van der Waals surface area contributed by atoms with Crippen molar-refractivity contribution in [3.8, 4) is 0 Å². The summed E-state index contributed by atoms with van der Waals surface area (Å²) in [6, 6.07) is 6.91. The molecule has 1 N–H and O–H groups in total. The topological polar surface area (TPSA) is 62.6 Å². The van der Waals surface area contributed by atoms with Gasteiger partial charge in [-0.3, -0.25) is 9.59 Å². The van der Waals surface area contributed by atoms with Crippen molar-refractivity contribution in [2.24, 2.45) is 17.8 Å². The van der Waals surface area contributed by atoms with E-state index in [1.807, 2.05) is 13.0 Å². The van der Waals surface area contributed by atoms with E-state index in [9.17, 15) is 18.4 Å². The van der Waals surface area contributed by atoms with E-state index in [-0.39, 0.29) is 37.8 Å². The Morgan fingerprint density at radius 1 is 1.29 bits per heavy atom. The Kier molecular flexibility index (Phi) is 4.85. The number of alkyl halides is 2. The van der Waals surface area contributed by atoms with Crippen LogP contribution in [0.2, 0.25) is 0 Å². The van der Waals surface area contributed by atoms with Gasteiger partial charge < -0.3 is 14.6 Å². The largest absolute Gasteiger partial charge is 0.464 e. The quantitative estimate of drug-likeness (QED) is 0.866. The molecule has 1 saturated carbocycles. The van der Waals surface area contributed by atoms with E-state index in [1.165, 1.54) is 6.26 Å². The third-order valence-corrected chi connectivity index (χ3v) is 6.03. The van der Waals surface area contributed by atoms with E-state index in [2.05, 4.69) is 5.32 Å². The highest BCUT2D eigenvalue weighted by Gasteiger charge is 2.46. The zero-order valence-electron chi connectivity index (χ0n) is 15.8. The highest BCUT2D eigenvalue weighted by Crippen LogP contribution is 2.41. The number of amides is 2. The molecule has 2 aliphatic rings. The molecule has 1 aromatic heterocycles. The summed E-state index contributed by atoms with van der Waals surface area (Å²) < 4.78 is 34.6. The molecule has 4 rings (SSSR count). The third kappa shape index (κ3) is 3.62. The summed E-state index contributed by atoms with van der Waals surface area (Å²) in [6.07, 6.45) is 2.15. The van der Waals surface area contributed by atoms with Crippen molar-refractivity contribution in [1.82, 2.24) is 10.2 Å². The Morgan fingerprint density at radius 3 is 2.82 bits per heavy atom. The first-order chi connectivity index (χ1) is 13.4. The number of carbonyl (C=O) groups is 2. The maximum absolute atomic E-state index is 14.6. The molecular formula is C21H24F2N2O3. The van der Waals surface area contributed by atoms with Crippen LogP contribution in [0.4, 0.5) is 8.78 Å². The van der Waals surface area contributed by atoms with E-state index in [0.717, 1.165) is 11.8 Å². The van der Waals surface area contributed by atoms with E-state index in [4.69, 9.17) is 4.42 Å². The van der Waals surface area contributed by atoms with Crippen LogP contribution in [-0.4, -0.2) is 42.3 Å². The average molecular weight is 390 g/mol. The Labute approximate surface area is 162 Å². The van der Waals surface area contributed by atoms with Crippen molar-refractivity contribution in [1.29, 1.82) is 0 Å². The van der Waals surface area contributed by atoms with E-state index in [1.54, 1.807) is 23.1 Å². The molecule has 1 saturated heterocycles. The number of likely N-dealkylation sites (tertiary alicyclic amines) is 1. The van der Waals surface area contributed by atoms with Crippen molar-refractivity contribution in [2.75, 3.05) is 19.6 Å². The number of hydrogen-bond acceptors (Lipinski definition) is 3. The van der Waals surface area contributed by atoms with Crippen LogP contribution in [0.15, 0.2) is 34.9 Å². The van der Waals surface area contributed by atoms with Crippen molar-refractivity contribution in [2.45, 2.75) is 32.1 Å². The molecule has 150 valence electrons. The smallest absolute Gasteiger partial charge is 0.255 e. The lowest BCUT2D eigenvalue weighted by atomic mass is 9.96. The number of nitrogens with zero attached hydrogens (tertiary/aromatic N) is 1. The second kappa shape index (κ2) is 7.18. The van der Waals surface area contributed by atoms with Crippen LogP contribution in [0.3, 0.4) is 0 Å². The first-order valence-electron chi connectivity index (χ1n) is 9.78. The molecule has 2 amide bonds. The molecule has 2 aromatic rings. The highest BCUT2D eigenvalue weighted by atomic mass is 19.3. The Balaban J connectivity index is 1.40. The Bertz CT molecular complexity index is 895. The monoisotopic (exact) mass is 390 g/mol. The van der Waals surface area contributed by atoms with Crippen LogP contribution < -0.4 is 5.32 Å². The molecule has 5 nitrogen and oxygen atoms in total. The summed E-state index contributed by atoms with van der Waals surface area (Å²) in [4.78, 5) is 26.5. The lowest BCUT2D eigenvalue weighted by molar-refractivity contribution is -0.133. The molecule has 0 bridgehead atoms. The van der Waals surface area contributed by atoms with Crippen LogP contribution in [-0.2, 0) is 4.79 Å². The van der Waals surface area contributed by atoms with Gasteiger partial charge >= 0.3 is 0 Å². The van der Waals surface area contributed by atoms with Crippen molar-refractivity contribution < 1.29 is 22.8 Å². The van der Waals surface area contributed by atoms with Gasteiger partial charge in [0.25, 0.3) is 11.8 Å². The number of para-hydroxylation sites is 1. The summed E-state index contributed by atoms with van der Waals surface area (Å²) in [5, 5.41) is 3.43. The van der Waals surface area contributed by atoms with Gasteiger partial charge in [-0.25, -0.2) is 8.78 Å². The molecule has 2 heterocycles. The lowest BCUT2D eigenvalue weighted by Crippen LogP contribution is -2.38. The van der Waals surface area contributed by atoms with Gasteiger partial charge in [-0.05, 0) is 30.9 Å². The van der Waals surface area contributed by atoms with Crippen molar-refractivity contribution >= 4 is 22.8 Å². The zero-order valence-corrected chi connectivity index (χ0v) is 15.8. The van der Waals surface area contributed by atoms with Gasteiger partial charge in [0.15, 0.2) is 0 Å². The molecule has 0 spiro atoms. The molecule has 7 heteroatoms. The third-order valence-electron chi connectivity index (χ3n) is 6.03.